The molecule has 0 radical (unpaired) electrons. The lowest BCUT2D eigenvalue weighted by Gasteiger charge is -2.04. The van der Waals surface area contributed by atoms with Gasteiger partial charge in [0.2, 0.25) is 0 Å². The van der Waals surface area contributed by atoms with Crippen molar-refractivity contribution in [3.63, 3.8) is 0 Å². The summed E-state index contributed by atoms with van der Waals surface area (Å²) in [5.74, 6) is 0.838. The van der Waals surface area contributed by atoms with E-state index in [0.717, 1.165) is 19.5 Å². The summed E-state index contributed by atoms with van der Waals surface area (Å²) in [6, 6.07) is 0. The molecule has 2 rings (SSSR count). The van der Waals surface area contributed by atoms with Crippen molar-refractivity contribution in [2.75, 3.05) is 13.1 Å². The Balaban J connectivity index is 2.11. The van der Waals surface area contributed by atoms with Crippen molar-refractivity contribution in [3.05, 3.63) is 17.2 Å². The van der Waals surface area contributed by atoms with E-state index in [0.29, 0.717) is 18.2 Å². The number of nitrogens with one attached hydrogen (secondary N) is 2. The van der Waals surface area contributed by atoms with Crippen molar-refractivity contribution in [1.82, 2.24) is 15.3 Å². The van der Waals surface area contributed by atoms with Crippen LogP contribution in [0.2, 0.25) is 0 Å². The van der Waals surface area contributed by atoms with Crippen LogP contribution in [-0.2, 0) is 12.6 Å². The molecular formula is C10H14F3N3. The van der Waals surface area contributed by atoms with Gasteiger partial charge in [-0.05, 0) is 32.4 Å². The van der Waals surface area contributed by atoms with E-state index in [1.54, 1.807) is 0 Å². The lowest BCUT2D eigenvalue weighted by atomic mass is 10.1. The Kier molecular flexibility index (Phi) is 2.92. The van der Waals surface area contributed by atoms with E-state index in [4.69, 9.17) is 0 Å². The number of aromatic amines is 1. The molecule has 1 aliphatic rings. The Morgan fingerprint density at radius 3 is 2.69 bits per heavy atom. The number of nitrogens with zero attached hydrogens (tertiary/aromatic N) is 1. The lowest BCUT2D eigenvalue weighted by molar-refractivity contribution is -0.141. The highest BCUT2D eigenvalue weighted by atomic mass is 19.4. The van der Waals surface area contributed by atoms with E-state index in [-0.39, 0.29) is 5.69 Å². The van der Waals surface area contributed by atoms with Crippen LogP contribution in [0.4, 0.5) is 13.2 Å². The molecule has 1 saturated heterocycles. The molecule has 0 saturated carbocycles. The first kappa shape index (κ1) is 11.4. The zero-order valence-electron chi connectivity index (χ0n) is 8.99. The highest BCUT2D eigenvalue weighted by Gasteiger charge is 2.36. The Hall–Kier alpha value is -1.04. The number of alkyl halides is 3. The van der Waals surface area contributed by atoms with Crippen LogP contribution >= 0.6 is 0 Å². The number of imidazole rings is 1. The number of rotatable bonds is 2. The maximum Gasteiger partial charge on any atom is 0.435 e. The number of halogens is 3. The number of aromatic nitrogens is 2. The molecule has 0 aromatic carbocycles. The van der Waals surface area contributed by atoms with Gasteiger partial charge in [-0.25, -0.2) is 4.98 Å². The number of aryl methyl sites for hydroxylation is 1. The second-order valence-electron chi connectivity index (χ2n) is 4.22. The van der Waals surface area contributed by atoms with Crippen LogP contribution in [0.5, 0.6) is 0 Å². The van der Waals surface area contributed by atoms with Crippen LogP contribution in [0.25, 0.3) is 0 Å². The molecule has 1 atom stereocenters. The van der Waals surface area contributed by atoms with Crippen LogP contribution in [-0.4, -0.2) is 23.1 Å². The SMILES string of the molecule is Cc1[nH]c(CC2CCNC2)nc1C(F)(F)F. The predicted octanol–water partition coefficient (Wildman–Crippen LogP) is 1.89. The van der Waals surface area contributed by atoms with Gasteiger partial charge in [0.05, 0.1) is 0 Å². The average molecular weight is 233 g/mol. The summed E-state index contributed by atoms with van der Waals surface area (Å²) in [6.07, 6.45) is -2.77. The van der Waals surface area contributed by atoms with Gasteiger partial charge >= 0.3 is 6.18 Å². The maximum absolute atomic E-state index is 12.5. The van der Waals surface area contributed by atoms with Gasteiger partial charge in [-0.15, -0.1) is 0 Å². The van der Waals surface area contributed by atoms with Gasteiger partial charge in [0.15, 0.2) is 5.69 Å². The minimum Gasteiger partial charge on any atom is -0.346 e. The van der Waals surface area contributed by atoms with Crippen LogP contribution in [0, 0.1) is 12.8 Å². The van der Waals surface area contributed by atoms with Crippen molar-refractivity contribution in [2.45, 2.75) is 25.9 Å². The fraction of sp³-hybridized carbons (Fsp3) is 0.700. The molecule has 0 spiro atoms. The van der Waals surface area contributed by atoms with Crippen molar-refractivity contribution in [2.24, 2.45) is 5.92 Å². The fourth-order valence-electron chi connectivity index (χ4n) is 2.06. The largest absolute Gasteiger partial charge is 0.435 e. The zero-order chi connectivity index (χ0) is 11.8. The van der Waals surface area contributed by atoms with E-state index in [1.807, 2.05) is 0 Å². The zero-order valence-corrected chi connectivity index (χ0v) is 8.99. The summed E-state index contributed by atoms with van der Waals surface area (Å²) >= 11 is 0. The quantitative estimate of drug-likeness (QED) is 0.819. The standard InChI is InChI=1S/C10H14F3N3/c1-6-9(10(11,12)13)16-8(15-6)4-7-2-3-14-5-7/h7,14H,2-5H2,1H3,(H,15,16). The monoisotopic (exact) mass is 233 g/mol. The molecular weight excluding hydrogens is 219 g/mol. The normalized spacial score (nSPS) is 21.6. The molecule has 6 heteroatoms. The molecule has 2 N–H and O–H groups in total. The van der Waals surface area contributed by atoms with Crippen LogP contribution < -0.4 is 5.32 Å². The molecule has 1 aliphatic heterocycles. The van der Waals surface area contributed by atoms with Gasteiger partial charge < -0.3 is 10.3 Å². The van der Waals surface area contributed by atoms with Crippen LogP contribution in [0.3, 0.4) is 0 Å². The second kappa shape index (κ2) is 4.08. The molecule has 16 heavy (non-hydrogen) atoms. The first-order valence-corrected chi connectivity index (χ1v) is 5.30. The Morgan fingerprint density at radius 1 is 1.44 bits per heavy atom. The lowest BCUT2D eigenvalue weighted by Crippen LogP contribution is -2.11. The minimum atomic E-state index is -4.35. The summed E-state index contributed by atoms with van der Waals surface area (Å²) in [5.41, 5.74) is -0.679. The molecule has 2 heterocycles. The van der Waals surface area contributed by atoms with Crippen molar-refractivity contribution < 1.29 is 13.2 Å². The van der Waals surface area contributed by atoms with E-state index in [2.05, 4.69) is 15.3 Å². The summed E-state index contributed by atoms with van der Waals surface area (Å²) in [5, 5.41) is 3.18. The van der Waals surface area contributed by atoms with Crippen molar-refractivity contribution in [3.8, 4) is 0 Å². The third-order valence-electron chi connectivity index (χ3n) is 2.85. The number of H-pyrrole nitrogens is 1. The highest BCUT2D eigenvalue weighted by molar-refractivity contribution is 5.16. The van der Waals surface area contributed by atoms with Crippen LogP contribution in [0.15, 0.2) is 0 Å². The third-order valence-corrected chi connectivity index (χ3v) is 2.85. The first-order valence-electron chi connectivity index (χ1n) is 5.30. The summed E-state index contributed by atoms with van der Waals surface area (Å²) in [7, 11) is 0. The van der Waals surface area contributed by atoms with Crippen LogP contribution in [0.1, 0.15) is 23.6 Å². The Morgan fingerprint density at radius 2 is 2.19 bits per heavy atom. The summed E-state index contributed by atoms with van der Waals surface area (Å²) in [4.78, 5) is 6.36. The van der Waals surface area contributed by atoms with E-state index in [1.165, 1.54) is 6.92 Å². The molecule has 1 fully saturated rings. The van der Waals surface area contributed by atoms with Gasteiger partial charge in [-0.3, -0.25) is 0 Å². The van der Waals surface area contributed by atoms with E-state index >= 15 is 0 Å². The van der Waals surface area contributed by atoms with Crippen molar-refractivity contribution in [1.29, 1.82) is 0 Å². The minimum absolute atomic E-state index is 0.105. The highest BCUT2D eigenvalue weighted by Crippen LogP contribution is 2.30. The number of hydrogen-bond acceptors (Lipinski definition) is 2. The van der Waals surface area contributed by atoms with Gasteiger partial charge in [0, 0.05) is 12.1 Å². The first-order chi connectivity index (χ1) is 7.47. The Bertz CT molecular complexity index is 364. The third kappa shape index (κ3) is 2.37. The smallest absolute Gasteiger partial charge is 0.346 e. The maximum atomic E-state index is 12.5. The number of hydrogen-bond donors (Lipinski definition) is 2. The summed E-state index contributed by atoms with van der Waals surface area (Å²) < 4.78 is 37.4. The second-order valence-corrected chi connectivity index (χ2v) is 4.22. The van der Waals surface area contributed by atoms with Crippen molar-refractivity contribution >= 4 is 0 Å². The van der Waals surface area contributed by atoms with Gasteiger partial charge in [-0.1, -0.05) is 0 Å². The van der Waals surface area contributed by atoms with Gasteiger partial charge in [0.1, 0.15) is 5.82 Å². The Labute approximate surface area is 91.5 Å². The van der Waals surface area contributed by atoms with Gasteiger partial charge in [0.25, 0.3) is 0 Å². The predicted molar refractivity (Wildman–Crippen MR) is 53.0 cm³/mol. The molecule has 0 aliphatic carbocycles. The molecule has 0 amide bonds. The average Bonchev–Trinajstić information content (AvgIpc) is 2.74. The summed E-state index contributed by atoms with van der Waals surface area (Å²) in [6.45, 7) is 3.21. The molecule has 0 bridgehead atoms. The van der Waals surface area contributed by atoms with Gasteiger partial charge in [-0.2, -0.15) is 13.2 Å². The molecule has 1 aromatic rings. The van der Waals surface area contributed by atoms with E-state index in [9.17, 15) is 13.2 Å². The van der Waals surface area contributed by atoms with E-state index < -0.39 is 11.9 Å². The molecule has 3 nitrogen and oxygen atoms in total. The molecule has 1 unspecified atom stereocenters. The topological polar surface area (TPSA) is 40.7 Å². The fourth-order valence-corrected chi connectivity index (χ4v) is 2.06. The molecule has 1 aromatic heterocycles. The molecule has 90 valence electrons.